The number of hydrogen-bond acceptors (Lipinski definition) is 5. The van der Waals surface area contributed by atoms with Gasteiger partial charge in [0.25, 0.3) is 11.8 Å². The number of carbonyl (C=O) groups excluding carboxylic acids is 2. The van der Waals surface area contributed by atoms with Crippen LogP contribution in [0.2, 0.25) is 0 Å². The highest BCUT2D eigenvalue weighted by Gasteiger charge is 2.32. The molecule has 2 fully saturated rings. The molecular formula is C23H26N6O2. The SMILES string of the molecule is CNC(=O)c1cc(C2CC2)nc2c1c(C1CCN(C(=O)c3ccncc3)CC1)nn2C. The van der Waals surface area contributed by atoms with Crippen molar-refractivity contribution >= 4 is 22.8 Å². The minimum atomic E-state index is -0.103. The smallest absolute Gasteiger partial charge is 0.253 e. The van der Waals surface area contributed by atoms with E-state index in [1.165, 1.54) is 0 Å². The molecule has 1 N–H and O–H groups in total. The molecule has 8 nitrogen and oxygen atoms in total. The molecule has 0 unspecified atom stereocenters. The quantitative estimate of drug-likeness (QED) is 0.703. The molecular weight excluding hydrogens is 392 g/mol. The molecule has 1 saturated carbocycles. The fraction of sp³-hybridized carbons (Fsp3) is 0.435. The first kappa shape index (κ1) is 19.7. The van der Waals surface area contributed by atoms with Gasteiger partial charge < -0.3 is 10.2 Å². The zero-order valence-corrected chi connectivity index (χ0v) is 17.8. The van der Waals surface area contributed by atoms with Crippen LogP contribution in [0.1, 0.15) is 69.6 Å². The Hall–Kier alpha value is -3.29. The van der Waals surface area contributed by atoms with Crippen LogP contribution in [0.3, 0.4) is 0 Å². The molecule has 1 aliphatic carbocycles. The van der Waals surface area contributed by atoms with Gasteiger partial charge in [-0.2, -0.15) is 5.10 Å². The van der Waals surface area contributed by atoms with E-state index in [1.807, 2.05) is 18.0 Å². The van der Waals surface area contributed by atoms with Gasteiger partial charge in [0.15, 0.2) is 5.65 Å². The predicted molar refractivity (Wildman–Crippen MR) is 116 cm³/mol. The second-order valence-corrected chi connectivity index (χ2v) is 8.46. The number of aryl methyl sites for hydroxylation is 1. The van der Waals surface area contributed by atoms with E-state index in [9.17, 15) is 9.59 Å². The highest BCUT2D eigenvalue weighted by atomic mass is 16.2. The molecule has 8 heteroatoms. The summed E-state index contributed by atoms with van der Waals surface area (Å²) in [4.78, 5) is 36.2. The van der Waals surface area contributed by atoms with Gasteiger partial charge in [0.1, 0.15) is 0 Å². The predicted octanol–water partition coefficient (Wildman–Crippen LogP) is 2.62. The van der Waals surface area contributed by atoms with E-state index in [1.54, 1.807) is 36.3 Å². The third kappa shape index (κ3) is 3.56. The molecule has 3 aromatic rings. The van der Waals surface area contributed by atoms with Crippen molar-refractivity contribution in [2.24, 2.45) is 7.05 Å². The number of piperidine rings is 1. The Balaban J connectivity index is 1.44. The third-order valence-electron chi connectivity index (χ3n) is 6.40. The monoisotopic (exact) mass is 418 g/mol. The molecule has 5 rings (SSSR count). The summed E-state index contributed by atoms with van der Waals surface area (Å²) in [6, 6.07) is 5.45. The van der Waals surface area contributed by atoms with Crippen LogP contribution in [0, 0.1) is 0 Å². The second kappa shape index (κ2) is 7.76. The van der Waals surface area contributed by atoms with E-state index in [0.717, 1.165) is 48.1 Å². The Bertz CT molecular complexity index is 1140. The van der Waals surface area contributed by atoms with Crippen molar-refractivity contribution in [2.75, 3.05) is 20.1 Å². The number of carbonyl (C=O) groups is 2. The van der Waals surface area contributed by atoms with Crippen LogP contribution in [-0.2, 0) is 7.05 Å². The van der Waals surface area contributed by atoms with Crippen LogP contribution in [-0.4, -0.2) is 56.6 Å². The first-order chi connectivity index (χ1) is 15.1. The van der Waals surface area contributed by atoms with Gasteiger partial charge in [-0.3, -0.25) is 19.3 Å². The fourth-order valence-electron chi connectivity index (χ4n) is 4.52. The summed E-state index contributed by atoms with van der Waals surface area (Å²) in [5.74, 6) is 0.568. The molecule has 0 bridgehead atoms. The minimum absolute atomic E-state index is 0.0357. The molecule has 0 radical (unpaired) electrons. The molecule has 1 aliphatic heterocycles. The molecule has 0 aromatic carbocycles. The molecule has 1 saturated heterocycles. The second-order valence-electron chi connectivity index (χ2n) is 8.46. The van der Waals surface area contributed by atoms with Crippen LogP contribution in [0.5, 0.6) is 0 Å². The van der Waals surface area contributed by atoms with Gasteiger partial charge in [-0.25, -0.2) is 4.98 Å². The van der Waals surface area contributed by atoms with Gasteiger partial charge in [0, 0.05) is 62.7 Å². The number of nitrogens with zero attached hydrogens (tertiary/aromatic N) is 5. The zero-order valence-electron chi connectivity index (χ0n) is 17.8. The first-order valence-corrected chi connectivity index (χ1v) is 10.9. The molecule has 4 heterocycles. The zero-order chi connectivity index (χ0) is 21.5. The molecule has 3 aromatic heterocycles. The maximum atomic E-state index is 12.8. The van der Waals surface area contributed by atoms with E-state index in [-0.39, 0.29) is 17.7 Å². The van der Waals surface area contributed by atoms with Crippen LogP contribution >= 0.6 is 0 Å². The first-order valence-electron chi connectivity index (χ1n) is 10.9. The van der Waals surface area contributed by atoms with Gasteiger partial charge in [-0.1, -0.05) is 0 Å². The number of likely N-dealkylation sites (tertiary alicyclic amines) is 1. The van der Waals surface area contributed by atoms with Gasteiger partial charge in [0.05, 0.1) is 16.6 Å². The molecule has 31 heavy (non-hydrogen) atoms. The van der Waals surface area contributed by atoms with Gasteiger partial charge >= 0.3 is 0 Å². The summed E-state index contributed by atoms with van der Waals surface area (Å²) in [6.45, 7) is 1.32. The third-order valence-corrected chi connectivity index (χ3v) is 6.40. The fourth-order valence-corrected chi connectivity index (χ4v) is 4.52. The van der Waals surface area contributed by atoms with Crippen molar-refractivity contribution in [1.82, 2.24) is 30.0 Å². The van der Waals surface area contributed by atoms with Gasteiger partial charge in [0.2, 0.25) is 0 Å². The lowest BCUT2D eigenvalue weighted by Gasteiger charge is -2.31. The Morgan fingerprint density at radius 3 is 2.42 bits per heavy atom. The minimum Gasteiger partial charge on any atom is -0.355 e. The maximum absolute atomic E-state index is 12.8. The largest absolute Gasteiger partial charge is 0.355 e. The van der Waals surface area contributed by atoms with E-state index in [0.29, 0.717) is 30.1 Å². The number of rotatable bonds is 4. The lowest BCUT2D eigenvalue weighted by molar-refractivity contribution is 0.0712. The van der Waals surface area contributed by atoms with E-state index in [2.05, 4.69) is 10.3 Å². The van der Waals surface area contributed by atoms with Gasteiger partial charge in [-0.05, 0) is 43.9 Å². The van der Waals surface area contributed by atoms with E-state index >= 15 is 0 Å². The summed E-state index contributed by atoms with van der Waals surface area (Å²) >= 11 is 0. The summed E-state index contributed by atoms with van der Waals surface area (Å²) < 4.78 is 1.80. The van der Waals surface area contributed by atoms with Crippen LogP contribution in [0.4, 0.5) is 0 Å². The lowest BCUT2D eigenvalue weighted by Crippen LogP contribution is -2.38. The Kier molecular flexibility index (Phi) is 4.92. The highest BCUT2D eigenvalue weighted by Crippen LogP contribution is 2.41. The van der Waals surface area contributed by atoms with Crippen molar-refractivity contribution < 1.29 is 9.59 Å². The van der Waals surface area contributed by atoms with Crippen molar-refractivity contribution in [3.05, 3.63) is 53.1 Å². The maximum Gasteiger partial charge on any atom is 0.253 e. The Labute approximate surface area is 180 Å². The van der Waals surface area contributed by atoms with Crippen molar-refractivity contribution in [3.63, 3.8) is 0 Å². The summed E-state index contributed by atoms with van der Waals surface area (Å²) in [5.41, 5.74) is 4.00. The number of fused-ring (bicyclic) bond motifs is 1. The van der Waals surface area contributed by atoms with Crippen molar-refractivity contribution in [1.29, 1.82) is 0 Å². The molecule has 2 aliphatic rings. The van der Waals surface area contributed by atoms with Crippen LogP contribution in [0.15, 0.2) is 30.6 Å². The molecule has 0 spiro atoms. The highest BCUT2D eigenvalue weighted by molar-refractivity contribution is 6.06. The topological polar surface area (TPSA) is 93.0 Å². The van der Waals surface area contributed by atoms with E-state index in [4.69, 9.17) is 10.1 Å². The average Bonchev–Trinajstić information content (AvgIpc) is 3.62. The number of nitrogens with one attached hydrogen (secondary N) is 1. The summed E-state index contributed by atoms with van der Waals surface area (Å²) in [5, 5.41) is 8.43. The summed E-state index contributed by atoms with van der Waals surface area (Å²) in [7, 11) is 3.55. The number of pyridine rings is 2. The Morgan fingerprint density at radius 1 is 1.06 bits per heavy atom. The van der Waals surface area contributed by atoms with Crippen LogP contribution < -0.4 is 5.32 Å². The standard InChI is InChI=1S/C23H26N6O2/c1-24-22(30)17-13-18(14-3-4-14)26-21-19(17)20(27-28(21)2)15-7-11-29(12-8-15)23(31)16-5-9-25-10-6-16/h5-6,9-10,13-15H,3-4,7-8,11-12H2,1-2H3,(H,24,30). The normalized spacial score (nSPS) is 17.2. The average molecular weight is 419 g/mol. The Morgan fingerprint density at radius 2 is 1.77 bits per heavy atom. The number of amides is 2. The molecule has 0 atom stereocenters. The van der Waals surface area contributed by atoms with E-state index < -0.39 is 0 Å². The number of aromatic nitrogens is 4. The van der Waals surface area contributed by atoms with Gasteiger partial charge in [-0.15, -0.1) is 0 Å². The lowest BCUT2D eigenvalue weighted by atomic mass is 9.90. The van der Waals surface area contributed by atoms with Crippen molar-refractivity contribution in [3.8, 4) is 0 Å². The molecule has 160 valence electrons. The summed E-state index contributed by atoms with van der Waals surface area (Å²) in [6.07, 6.45) is 7.15. The van der Waals surface area contributed by atoms with Crippen molar-refractivity contribution in [2.45, 2.75) is 37.5 Å². The number of hydrogen-bond donors (Lipinski definition) is 1. The van der Waals surface area contributed by atoms with Crippen LogP contribution in [0.25, 0.3) is 11.0 Å². The molecule has 2 amide bonds.